The van der Waals surface area contributed by atoms with Gasteiger partial charge >= 0.3 is 0 Å². The van der Waals surface area contributed by atoms with Crippen LogP contribution >= 0.6 is 11.6 Å². The average Bonchev–Trinajstić information content (AvgIpc) is 2.03. The molecule has 0 saturated carbocycles. The van der Waals surface area contributed by atoms with E-state index in [1.807, 2.05) is 6.07 Å². The summed E-state index contributed by atoms with van der Waals surface area (Å²) in [6.45, 7) is 0. The van der Waals surface area contributed by atoms with Crippen LogP contribution in [-0.4, -0.2) is 11.0 Å². The Labute approximate surface area is 70.6 Å². The van der Waals surface area contributed by atoms with Gasteiger partial charge in [-0.25, -0.2) is 0 Å². The van der Waals surface area contributed by atoms with Gasteiger partial charge in [-0.2, -0.15) is 0 Å². The Bertz CT molecular complexity index is 296. The third-order valence-electron chi connectivity index (χ3n) is 1.19. The van der Waals surface area contributed by atoms with Crippen molar-refractivity contribution in [3.05, 3.63) is 29.8 Å². The molecule has 11 heavy (non-hydrogen) atoms. The molecule has 1 nitrogen and oxygen atoms in total. The lowest BCUT2D eigenvalue weighted by Gasteiger charge is -1.92. The van der Waals surface area contributed by atoms with Gasteiger partial charge in [-0.3, -0.25) is 0 Å². The highest BCUT2D eigenvalue weighted by Crippen LogP contribution is 2.13. The van der Waals surface area contributed by atoms with Gasteiger partial charge in [-0.05, 0) is 12.1 Å². The van der Waals surface area contributed by atoms with Crippen LogP contribution in [0.2, 0.25) is 0 Å². The van der Waals surface area contributed by atoms with Crippen LogP contribution in [0.25, 0.3) is 0 Å². The molecule has 1 aromatic rings. The molecule has 1 aromatic carbocycles. The third kappa shape index (κ3) is 2.18. The summed E-state index contributed by atoms with van der Waals surface area (Å²) in [6, 6.07) is 6.91. The van der Waals surface area contributed by atoms with Gasteiger partial charge in [0.25, 0.3) is 0 Å². The van der Waals surface area contributed by atoms with Crippen LogP contribution in [0, 0.1) is 11.8 Å². The molecule has 0 heterocycles. The van der Waals surface area contributed by atoms with Gasteiger partial charge in [0.05, 0.1) is 11.4 Å². The van der Waals surface area contributed by atoms with Crippen molar-refractivity contribution in [3.8, 4) is 17.6 Å². The van der Waals surface area contributed by atoms with Crippen LogP contribution in [0.5, 0.6) is 5.75 Å². The maximum absolute atomic E-state index is 9.19. The average molecular weight is 167 g/mol. The zero-order valence-electron chi connectivity index (χ0n) is 5.84. The largest absolute Gasteiger partial charge is 0.507 e. The van der Waals surface area contributed by atoms with Gasteiger partial charge in [0.1, 0.15) is 5.75 Å². The zero-order valence-corrected chi connectivity index (χ0v) is 6.60. The molecule has 0 aromatic heterocycles. The van der Waals surface area contributed by atoms with E-state index in [-0.39, 0.29) is 11.6 Å². The Kier molecular flexibility index (Phi) is 2.83. The Hall–Kier alpha value is -1.13. The predicted molar refractivity (Wildman–Crippen MR) is 45.7 cm³/mol. The number of halogens is 1. The number of para-hydroxylation sites is 1. The molecule has 0 spiro atoms. The van der Waals surface area contributed by atoms with Crippen LogP contribution in [0.1, 0.15) is 5.56 Å². The van der Waals surface area contributed by atoms with Crippen LogP contribution in [0.4, 0.5) is 0 Å². The van der Waals surface area contributed by atoms with Gasteiger partial charge in [0, 0.05) is 0 Å². The predicted octanol–water partition coefficient (Wildman–Crippen LogP) is 1.98. The molecule has 0 unspecified atom stereocenters. The van der Waals surface area contributed by atoms with E-state index in [9.17, 15) is 5.11 Å². The second-order valence-corrected chi connectivity index (χ2v) is 2.22. The quantitative estimate of drug-likeness (QED) is 0.462. The summed E-state index contributed by atoms with van der Waals surface area (Å²) < 4.78 is 0. The molecule has 1 N–H and O–H groups in total. The number of phenols is 1. The fraction of sp³-hybridized carbons (Fsp3) is 0.111. The van der Waals surface area contributed by atoms with Crippen LogP contribution in [0.3, 0.4) is 0 Å². The number of benzene rings is 1. The molecule has 0 radical (unpaired) electrons. The summed E-state index contributed by atoms with van der Waals surface area (Å²) >= 11 is 5.35. The van der Waals surface area contributed by atoms with Crippen LogP contribution in [0.15, 0.2) is 24.3 Å². The first kappa shape index (κ1) is 7.97. The second-order valence-electron chi connectivity index (χ2n) is 1.95. The molecule has 56 valence electrons. The Morgan fingerprint density at radius 1 is 1.36 bits per heavy atom. The van der Waals surface area contributed by atoms with Gasteiger partial charge < -0.3 is 5.11 Å². The van der Waals surface area contributed by atoms with Crippen molar-refractivity contribution >= 4 is 11.6 Å². The fourth-order valence-corrected chi connectivity index (χ4v) is 0.775. The third-order valence-corrected chi connectivity index (χ3v) is 1.33. The van der Waals surface area contributed by atoms with Crippen molar-refractivity contribution in [3.63, 3.8) is 0 Å². The molecule has 0 aliphatic rings. The van der Waals surface area contributed by atoms with E-state index in [1.165, 1.54) is 0 Å². The van der Waals surface area contributed by atoms with Crippen LogP contribution in [-0.2, 0) is 0 Å². The number of hydrogen-bond donors (Lipinski definition) is 1. The molecule has 2 heteroatoms. The Morgan fingerprint density at radius 2 is 2.09 bits per heavy atom. The van der Waals surface area contributed by atoms with E-state index in [4.69, 9.17) is 11.6 Å². The molecule has 1 rings (SSSR count). The highest BCUT2D eigenvalue weighted by Gasteiger charge is 1.91. The van der Waals surface area contributed by atoms with Crippen molar-refractivity contribution < 1.29 is 5.11 Å². The number of hydrogen-bond acceptors (Lipinski definition) is 1. The monoisotopic (exact) mass is 166 g/mol. The minimum Gasteiger partial charge on any atom is -0.507 e. The molecule has 0 bridgehead atoms. The first-order valence-electron chi connectivity index (χ1n) is 3.17. The second kappa shape index (κ2) is 3.90. The summed E-state index contributed by atoms with van der Waals surface area (Å²) in [4.78, 5) is 0. The smallest absolute Gasteiger partial charge is 0.131 e. The van der Waals surface area contributed by atoms with E-state index in [0.29, 0.717) is 5.56 Å². The highest BCUT2D eigenvalue weighted by atomic mass is 35.5. The zero-order chi connectivity index (χ0) is 8.10. The lowest BCUT2D eigenvalue weighted by Crippen LogP contribution is -1.74. The van der Waals surface area contributed by atoms with Gasteiger partial charge in [0.2, 0.25) is 0 Å². The Morgan fingerprint density at radius 3 is 2.73 bits per heavy atom. The molecular weight excluding hydrogens is 160 g/mol. The Balaban J connectivity index is 2.95. The first-order valence-corrected chi connectivity index (χ1v) is 3.71. The summed E-state index contributed by atoms with van der Waals surface area (Å²) in [6.07, 6.45) is 0. The molecule has 0 aliphatic carbocycles. The van der Waals surface area contributed by atoms with Crippen LogP contribution < -0.4 is 0 Å². The van der Waals surface area contributed by atoms with E-state index in [2.05, 4.69) is 11.8 Å². The molecule has 0 atom stereocenters. The van der Waals surface area contributed by atoms with Crippen molar-refractivity contribution in [2.24, 2.45) is 0 Å². The van der Waals surface area contributed by atoms with Crippen molar-refractivity contribution in [2.75, 3.05) is 5.88 Å². The summed E-state index contributed by atoms with van der Waals surface area (Å²) in [5, 5.41) is 9.19. The number of phenolic OH excluding ortho intramolecular Hbond substituents is 1. The number of alkyl halides is 1. The van der Waals surface area contributed by atoms with E-state index >= 15 is 0 Å². The van der Waals surface area contributed by atoms with Crippen molar-refractivity contribution in [1.29, 1.82) is 0 Å². The molecule has 0 amide bonds. The summed E-state index contributed by atoms with van der Waals surface area (Å²) in [5.41, 5.74) is 0.619. The first-order chi connectivity index (χ1) is 5.34. The van der Waals surface area contributed by atoms with Gasteiger partial charge in [0.15, 0.2) is 0 Å². The van der Waals surface area contributed by atoms with Gasteiger partial charge in [-0.1, -0.05) is 24.0 Å². The molecule has 0 fully saturated rings. The lowest BCUT2D eigenvalue weighted by atomic mass is 10.2. The standard InChI is InChI=1S/C9H7ClO/c10-7-3-5-8-4-1-2-6-9(8)11/h1-2,4,6,11H,7H2. The number of rotatable bonds is 0. The van der Waals surface area contributed by atoms with E-state index in [1.54, 1.807) is 18.2 Å². The maximum Gasteiger partial charge on any atom is 0.131 e. The fourth-order valence-electron chi connectivity index (χ4n) is 0.708. The lowest BCUT2D eigenvalue weighted by molar-refractivity contribution is 0.473. The minimum absolute atomic E-state index is 0.199. The maximum atomic E-state index is 9.19. The van der Waals surface area contributed by atoms with Gasteiger partial charge in [-0.15, -0.1) is 11.6 Å². The van der Waals surface area contributed by atoms with E-state index in [0.717, 1.165) is 0 Å². The van der Waals surface area contributed by atoms with Crippen molar-refractivity contribution in [2.45, 2.75) is 0 Å². The minimum atomic E-state index is 0.199. The summed E-state index contributed by atoms with van der Waals surface area (Å²) in [7, 11) is 0. The summed E-state index contributed by atoms with van der Waals surface area (Å²) in [5.74, 6) is 5.88. The SMILES string of the molecule is Oc1ccccc1C#CCCl. The molecular formula is C9H7ClO. The number of aromatic hydroxyl groups is 1. The highest BCUT2D eigenvalue weighted by molar-refractivity contribution is 6.19. The van der Waals surface area contributed by atoms with Crippen molar-refractivity contribution in [1.82, 2.24) is 0 Å². The van der Waals surface area contributed by atoms with E-state index < -0.39 is 0 Å². The topological polar surface area (TPSA) is 20.2 Å². The molecule has 0 saturated heterocycles. The normalized spacial score (nSPS) is 8.45. The molecule has 0 aliphatic heterocycles.